The summed E-state index contributed by atoms with van der Waals surface area (Å²) in [5, 5.41) is 2.96. The minimum atomic E-state index is -1.22. The van der Waals surface area contributed by atoms with E-state index in [2.05, 4.69) is 228 Å². The standard InChI is InChI=1S/C24H20B.2C8H11P.C4H6.CO.Ir/c1-5-13-21(14-6-1)25(22-15-7-2-8-16-22,23-17-9-3-10-18-23)24-19-11-4-12-20-24;2*1-9(2)8-6-4-3-5-7-8;1-3-4-2;1-2;/h1-20H;2*3-7H,1-2H3;3-4H,1-2H2;;/q-1;;;;;. The molecule has 0 aliphatic heterocycles. The Hall–Kier alpha value is -3.89. The van der Waals surface area contributed by atoms with Crippen molar-refractivity contribution in [1.82, 2.24) is 0 Å². The van der Waals surface area contributed by atoms with Gasteiger partial charge in [-0.25, -0.2) is 0 Å². The molecule has 1 nitrogen and oxygen atoms in total. The van der Waals surface area contributed by atoms with Crippen LogP contribution < -0.4 is 32.5 Å². The number of rotatable bonds is 7. The molecule has 0 spiro atoms. The monoisotopic (exact) mass is 870 g/mol. The van der Waals surface area contributed by atoms with Crippen LogP contribution in [0, 0.1) is 6.65 Å². The van der Waals surface area contributed by atoms with Crippen molar-refractivity contribution in [3.63, 3.8) is 0 Å². The van der Waals surface area contributed by atoms with Gasteiger partial charge in [-0.2, -0.15) is 21.9 Å². The third-order valence-electron chi connectivity index (χ3n) is 7.91. The molecule has 0 fully saturated rings. The summed E-state index contributed by atoms with van der Waals surface area (Å²) in [5.74, 6) is 0. The molecule has 0 N–H and O–H groups in total. The second kappa shape index (κ2) is 26.0. The maximum Gasteiger partial charge on any atom is 0.108 e. The van der Waals surface area contributed by atoms with Crippen molar-refractivity contribution >= 4 is 54.4 Å². The van der Waals surface area contributed by atoms with Crippen LogP contribution >= 0.6 is 15.8 Å². The molecule has 6 aromatic carbocycles. The average Bonchev–Trinajstić information content (AvgIpc) is 3.19. The molecule has 0 saturated carbocycles. The van der Waals surface area contributed by atoms with Crippen LogP contribution in [0.15, 0.2) is 207 Å². The van der Waals surface area contributed by atoms with Crippen molar-refractivity contribution in [2.75, 3.05) is 26.7 Å². The van der Waals surface area contributed by atoms with Gasteiger partial charge in [0.25, 0.3) is 0 Å². The van der Waals surface area contributed by atoms with Crippen LogP contribution in [0.1, 0.15) is 0 Å². The minimum absolute atomic E-state index is 0. The van der Waals surface area contributed by atoms with Gasteiger partial charge in [0.1, 0.15) is 6.15 Å². The van der Waals surface area contributed by atoms with E-state index in [1.807, 2.05) is 0 Å². The molecule has 0 saturated heterocycles. The Kier molecular flexibility index (Phi) is 22.9. The van der Waals surface area contributed by atoms with Crippen molar-refractivity contribution in [2.45, 2.75) is 0 Å². The van der Waals surface area contributed by atoms with Gasteiger partial charge < -0.3 is 0 Å². The van der Waals surface area contributed by atoms with Crippen LogP contribution in [-0.2, 0) is 24.8 Å². The van der Waals surface area contributed by atoms with Crippen LogP contribution in [0.25, 0.3) is 0 Å². The van der Waals surface area contributed by atoms with Gasteiger partial charge in [-0.1, -0.05) is 223 Å². The fourth-order valence-electron chi connectivity index (χ4n) is 5.57. The Bertz CT molecular complexity index is 1520. The first-order chi connectivity index (χ1) is 23.9. The molecule has 0 aromatic heterocycles. The third kappa shape index (κ3) is 13.8. The summed E-state index contributed by atoms with van der Waals surface area (Å²) >= 11 is 0. The second-order valence-electron chi connectivity index (χ2n) is 11.4. The summed E-state index contributed by atoms with van der Waals surface area (Å²) in [5.41, 5.74) is 5.36. The third-order valence-corrected chi connectivity index (χ3v) is 10.6. The van der Waals surface area contributed by atoms with E-state index in [0.29, 0.717) is 0 Å². The first-order valence-electron chi connectivity index (χ1n) is 16.2. The zero-order valence-electron chi connectivity index (χ0n) is 29.6. The van der Waals surface area contributed by atoms with E-state index < -0.39 is 6.15 Å². The van der Waals surface area contributed by atoms with E-state index >= 15 is 0 Å². The second-order valence-corrected chi connectivity index (χ2v) is 16.1. The molecule has 0 bridgehead atoms. The number of hydrogen-bond acceptors (Lipinski definition) is 0. The molecule has 0 unspecified atom stereocenters. The molecule has 1 radical (unpaired) electrons. The van der Waals surface area contributed by atoms with Gasteiger partial charge in [-0.3, -0.25) is 0 Å². The zero-order chi connectivity index (χ0) is 35.7. The van der Waals surface area contributed by atoms with Crippen LogP contribution in [0.5, 0.6) is 0 Å². The smallest absolute Gasteiger partial charge is 0.108 e. The molecule has 6 aromatic rings. The molecule has 0 atom stereocenters. The topological polar surface area (TPSA) is 19.9 Å². The summed E-state index contributed by atoms with van der Waals surface area (Å²) in [7, 11) is 0.209. The summed E-state index contributed by atoms with van der Waals surface area (Å²) in [6.45, 7) is 20.3. The van der Waals surface area contributed by atoms with Crippen LogP contribution in [0.2, 0.25) is 0 Å². The molecular formula is C45H48BIrOP2-. The first-order valence-corrected chi connectivity index (χ1v) is 20.7. The maximum atomic E-state index is 7.50. The van der Waals surface area contributed by atoms with Gasteiger partial charge in [0.2, 0.25) is 0 Å². The van der Waals surface area contributed by atoms with Gasteiger partial charge in [0.15, 0.2) is 0 Å². The van der Waals surface area contributed by atoms with Gasteiger partial charge >= 0.3 is 11.3 Å². The summed E-state index contributed by atoms with van der Waals surface area (Å²) in [4.78, 5) is 0. The predicted octanol–water partition coefficient (Wildman–Crippen LogP) is 8.49. The molecule has 0 amide bonds. The van der Waals surface area contributed by atoms with Crippen LogP contribution in [0.3, 0.4) is 0 Å². The normalized spacial score (nSPS) is 9.68. The Balaban J connectivity index is 0.000000411. The number of allylic oxidation sites excluding steroid dienone is 2. The molecule has 257 valence electrons. The molecule has 50 heavy (non-hydrogen) atoms. The Labute approximate surface area is 318 Å². The van der Waals surface area contributed by atoms with Gasteiger partial charge in [0, 0.05) is 20.1 Å². The van der Waals surface area contributed by atoms with E-state index in [1.165, 1.54) is 32.5 Å². The number of benzene rings is 6. The van der Waals surface area contributed by atoms with Crippen molar-refractivity contribution in [1.29, 1.82) is 0 Å². The quantitative estimate of drug-likeness (QED) is 0.0505. The van der Waals surface area contributed by atoms with Gasteiger partial charge in [-0.05, 0) is 37.3 Å². The fourth-order valence-corrected chi connectivity index (χ4v) is 7.11. The Morgan fingerprint density at radius 2 is 0.580 bits per heavy atom. The molecular weight excluding hydrogens is 821 g/mol. The zero-order valence-corrected chi connectivity index (χ0v) is 33.8. The van der Waals surface area contributed by atoms with Gasteiger partial charge in [0.05, 0.1) is 0 Å². The predicted molar refractivity (Wildman–Crippen MR) is 224 cm³/mol. The Morgan fingerprint density at radius 1 is 0.400 bits per heavy atom. The largest absolute Gasteiger partial charge is 0.195 e. The van der Waals surface area contributed by atoms with Crippen LogP contribution in [0.4, 0.5) is 0 Å². The van der Waals surface area contributed by atoms with E-state index in [1.54, 1.807) is 12.2 Å². The molecule has 0 heterocycles. The summed E-state index contributed by atoms with van der Waals surface area (Å²) in [6.07, 6.45) is 2.06. The van der Waals surface area contributed by atoms with Crippen molar-refractivity contribution < 1.29 is 24.8 Å². The van der Waals surface area contributed by atoms with E-state index in [0.717, 1.165) is 0 Å². The Morgan fingerprint density at radius 3 is 0.720 bits per heavy atom. The maximum absolute atomic E-state index is 7.50. The molecule has 0 aliphatic rings. The molecule has 6 rings (SSSR count). The minimum Gasteiger partial charge on any atom is -0.195 e. The SMILES string of the molecule is C=CC=C.CP(C)c1ccccc1.CP(C)c1ccccc1.[C-]#[O+].[Ir].c1ccc([B-](c2ccccc2)(c2ccccc2)c2ccccc2)cc1. The van der Waals surface area contributed by atoms with E-state index in [-0.39, 0.29) is 35.9 Å². The fraction of sp³-hybridized carbons (Fsp3) is 0.0889. The average molecular weight is 870 g/mol. The molecule has 5 heteroatoms. The first kappa shape index (κ1) is 44.1. The molecule has 0 aliphatic carbocycles. The van der Waals surface area contributed by atoms with Crippen LogP contribution in [-0.4, -0.2) is 32.8 Å². The van der Waals surface area contributed by atoms with E-state index in [4.69, 9.17) is 4.65 Å². The van der Waals surface area contributed by atoms with E-state index in [9.17, 15) is 0 Å². The summed E-state index contributed by atoms with van der Waals surface area (Å²) < 4.78 is 7.50. The van der Waals surface area contributed by atoms with Crippen molar-refractivity contribution in [3.05, 3.63) is 214 Å². The van der Waals surface area contributed by atoms with Gasteiger partial charge in [-0.15, -0.1) is 0 Å². The number of hydrogen-bond donors (Lipinski definition) is 0. The van der Waals surface area contributed by atoms with Crippen molar-refractivity contribution in [3.8, 4) is 0 Å². The van der Waals surface area contributed by atoms with Crippen molar-refractivity contribution in [2.24, 2.45) is 0 Å². The summed E-state index contributed by atoms with van der Waals surface area (Å²) in [6, 6.07) is 64.8.